The highest BCUT2D eigenvalue weighted by atomic mass is 16.2. The average Bonchev–Trinajstić information content (AvgIpc) is 3.72. The van der Waals surface area contributed by atoms with E-state index in [0.717, 1.165) is 56.6 Å². The van der Waals surface area contributed by atoms with E-state index in [1.165, 1.54) is 16.7 Å². The Morgan fingerprint density at radius 2 is 1.78 bits per heavy atom. The van der Waals surface area contributed by atoms with E-state index in [1.54, 1.807) is 0 Å². The summed E-state index contributed by atoms with van der Waals surface area (Å²) in [4.78, 5) is 34.6. The number of amidine groups is 1. The molecule has 0 unspecified atom stereocenters. The van der Waals surface area contributed by atoms with Gasteiger partial charge in [0.05, 0.1) is 0 Å². The van der Waals surface area contributed by atoms with E-state index in [4.69, 9.17) is 4.99 Å². The summed E-state index contributed by atoms with van der Waals surface area (Å²) in [6.07, 6.45) is 4.76. The molecule has 2 aliphatic heterocycles. The third-order valence-corrected chi connectivity index (χ3v) is 7.40. The minimum Gasteiger partial charge on any atom is -0.342 e. The van der Waals surface area contributed by atoms with Gasteiger partial charge in [-0.25, -0.2) is 0 Å². The number of amides is 2. The van der Waals surface area contributed by atoms with Crippen molar-refractivity contribution in [1.82, 2.24) is 9.80 Å². The van der Waals surface area contributed by atoms with Crippen molar-refractivity contribution >= 4 is 17.6 Å². The van der Waals surface area contributed by atoms with Gasteiger partial charge in [-0.2, -0.15) is 0 Å². The van der Waals surface area contributed by atoms with Gasteiger partial charge in [-0.3, -0.25) is 19.5 Å². The Bertz CT molecular complexity index is 1110. The lowest BCUT2D eigenvalue weighted by Gasteiger charge is -2.23. The molecule has 2 aliphatic carbocycles. The highest BCUT2D eigenvalue weighted by Crippen LogP contribution is 2.46. The molecule has 164 valence electrons. The molecule has 2 saturated carbocycles. The van der Waals surface area contributed by atoms with Crippen molar-refractivity contribution < 1.29 is 9.59 Å². The molecule has 1 saturated heterocycles. The number of hydrogen-bond donors (Lipinski definition) is 0. The first kappa shape index (κ1) is 19.7. The summed E-state index contributed by atoms with van der Waals surface area (Å²) in [6, 6.07) is 16.9. The molecule has 0 N–H and O–H groups in total. The lowest BCUT2D eigenvalue weighted by molar-refractivity contribution is -0.131. The van der Waals surface area contributed by atoms with Crippen molar-refractivity contribution in [2.75, 3.05) is 19.6 Å². The van der Waals surface area contributed by atoms with Crippen LogP contribution in [0.1, 0.15) is 43.2 Å². The topological polar surface area (TPSA) is 53.0 Å². The Morgan fingerprint density at radius 3 is 2.47 bits per heavy atom. The third kappa shape index (κ3) is 3.44. The number of aliphatic imine (C=N–C) groups is 1. The Morgan fingerprint density at radius 1 is 1.03 bits per heavy atom. The van der Waals surface area contributed by atoms with E-state index in [0.29, 0.717) is 18.4 Å². The molecular formula is C27H29N3O2. The van der Waals surface area contributed by atoms with Crippen molar-refractivity contribution in [1.29, 1.82) is 0 Å². The number of hydrogen-bond acceptors (Lipinski definition) is 3. The van der Waals surface area contributed by atoms with Gasteiger partial charge in [-0.15, -0.1) is 0 Å². The average molecular weight is 428 g/mol. The number of likely N-dealkylation sites (tertiary alicyclic amines) is 1. The van der Waals surface area contributed by atoms with E-state index < -0.39 is 5.54 Å². The maximum Gasteiger partial charge on any atom is 0.256 e. The van der Waals surface area contributed by atoms with E-state index in [1.807, 2.05) is 9.80 Å². The molecule has 1 spiro atoms. The normalized spacial score (nSPS) is 23.7. The van der Waals surface area contributed by atoms with Crippen LogP contribution in [0.4, 0.5) is 0 Å². The van der Waals surface area contributed by atoms with Crippen molar-refractivity contribution in [3.63, 3.8) is 0 Å². The molecule has 4 aliphatic rings. The van der Waals surface area contributed by atoms with Crippen LogP contribution < -0.4 is 0 Å². The molecule has 2 amide bonds. The van der Waals surface area contributed by atoms with Crippen molar-refractivity contribution in [2.24, 2.45) is 16.8 Å². The second-order valence-electron chi connectivity index (χ2n) is 10.0. The van der Waals surface area contributed by atoms with Gasteiger partial charge >= 0.3 is 0 Å². The molecule has 2 aromatic carbocycles. The molecule has 1 atom stereocenters. The molecule has 2 aromatic rings. The van der Waals surface area contributed by atoms with Crippen LogP contribution in [0.5, 0.6) is 0 Å². The first-order valence-corrected chi connectivity index (χ1v) is 11.9. The van der Waals surface area contributed by atoms with Crippen LogP contribution in [0, 0.1) is 18.8 Å². The van der Waals surface area contributed by atoms with Crippen molar-refractivity contribution in [3.8, 4) is 11.1 Å². The van der Waals surface area contributed by atoms with E-state index >= 15 is 0 Å². The van der Waals surface area contributed by atoms with Crippen LogP contribution in [0.2, 0.25) is 0 Å². The zero-order valence-corrected chi connectivity index (χ0v) is 18.6. The van der Waals surface area contributed by atoms with Gasteiger partial charge in [0.25, 0.3) is 5.91 Å². The van der Waals surface area contributed by atoms with Gasteiger partial charge in [-0.05, 0) is 56.1 Å². The van der Waals surface area contributed by atoms with Crippen LogP contribution >= 0.6 is 0 Å². The molecule has 5 nitrogen and oxygen atoms in total. The largest absolute Gasteiger partial charge is 0.342 e. The Hall–Kier alpha value is -2.95. The van der Waals surface area contributed by atoms with Crippen molar-refractivity contribution in [2.45, 2.75) is 44.6 Å². The molecule has 6 rings (SSSR count). The fraction of sp³-hybridized carbons (Fsp3) is 0.444. The summed E-state index contributed by atoms with van der Waals surface area (Å²) in [5, 5.41) is 0. The van der Waals surface area contributed by atoms with Gasteiger partial charge in [0.15, 0.2) is 0 Å². The summed E-state index contributed by atoms with van der Waals surface area (Å²) in [5.41, 5.74) is 4.10. The van der Waals surface area contributed by atoms with E-state index in [9.17, 15) is 9.59 Å². The molecule has 32 heavy (non-hydrogen) atoms. The van der Waals surface area contributed by atoms with Crippen molar-refractivity contribution in [3.05, 3.63) is 59.7 Å². The summed E-state index contributed by atoms with van der Waals surface area (Å²) in [7, 11) is 0. The maximum atomic E-state index is 13.3. The van der Waals surface area contributed by atoms with Crippen LogP contribution in [-0.2, 0) is 9.59 Å². The molecular weight excluding hydrogens is 398 g/mol. The van der Waals surface area contributed by atoms with Crippen LogP contribution in [0.15, 0.2) is 53.5 Å². The minimum absolute atomic E-state index is 0.155. The second-order valence-corrected chi connectivity index (χ2v) is 10.0. The molecule has 0 bridgehead atoms. The Labute approximate surface area is 189 Å². The Kier molecular flexibility index (Phi) is 4.49. The molecule has 0 aromatic heterocycles. The summed E-state index contributed by atoms with van der Waals surface area (Å²) >= 11 is 0. The fourth-order valence-electron chi connectivity index (χ4n) is 5.16. The first-order valence-electron chi connectivity index (χ1n) is 11.9. The highest BCUT2D eigenvalue weighted by Gasteiger charge is 2.57. The molecule has 2 heterocycles. The molecule has 5 heteroatoms. The van der Waals surface area contributed by atoms with Crippen LogP contribution in [0.3, 0.4) is 0 Å². The zero-order chi connectivity index (χ0) is 21.9. The maximum absolute atomic E-state index is 13.3. The highest BCUT2D eigenvalue weighted by molar-refractivity contribution is 6.16. The zero-order valence-electron chi connectivity index (χ0n) is 18.6. The van der Waals surface area contributed by atoms with E-state index in [-0.39, 0.29) is 11.8 Å². The summed E-state index contributed by atoms with van der Waals surface area (Å²) in [5.74, 6) is 1.88. The van der Waals surface area contributed by atoms with Crippen LogP contribution in [0.25, 0.3) is 11.1 Å². The lowest BCUT2D eigenvalue weighted by atomic mass is 10.0. The number of nitrogens with zero attached hydrogens (tertiary/aromatic N) is 3. The number of aryl methyl sites for hydroxylation is 1. The minimum atomic E-state index is -0.507. The third-order valence-electron chi connectivity index (χ3n) is 7.40. The number of benzene rings is 2. The molecule has 3 fully saturated rings. The van der Waals surface area contributed by atoms with Gasteiger partial charge in [0, 0.05) is 31.1 Å². The summed E-state index contributed by atoms with van der Waals surface area (Å²) < 4.78 is 0. The lowest BCUT2D eigenvalue weighted by Crippen LogP contribution is -2.40. The van der Waals surface area contributed by atoms with Gasteiger partial charge in [0.1, 0.15) is 11.4 Å². The molecule has 0 radical (unpaired) electrons. The van der Waals surface area contributed by atoms with Gasteiger partial charge < -0.3 is 4.90 Å². The predicted octanol–water partition coefficient (Wildman–Crippen LogP) is 4.04. The van der Waals surface area contributed by atoms with Crippen LogP contribution in [-0.4, -0.2) is 52.6 Å². The standard InChI is InChI=1S/C27H29N3O2/c1-18-3-2-4-23(15-18)20-5-7-21(8-6-20)24-28-27(12-13-27)26(32)30(24)17-19-11-14-29(16-19)25(31)22-9-10-22/h2-8,15,19,22H,9-14,16-17H2,1H3/t19-/m1/s1. The number of carbonyl (C=O) groups is 2. The van der Waals surface area contributed by atoms with E-state index in [2.05, 4.69) is 55.5 Å². The summed E-state index contributed by atoms with van der Waals surface area (Å²) in [6.45, 7) is 4.36. The Balaban J connectivity index is 1.21. The fourth-order valence-corrected chi connectivity index (χ4v) is 5.16. The number of carbonyl (C=O) groups excluding carboxylic acids is 2. The number of rotatable bonds is 5. The first-order chi connectivity index (χ1) is 15.5. The SMILES string of the molecule is Cc1cccc(-c2ccc(C3=NC4(CC4)C(=O)N3C[C@@H]3CCN(C(=O)C4CC4)C3)cc2)c1. The quantitative estimate of drug-likeness (QED) is 0.723. The van der Waals surface area contributed by atoms with Gasteiger partial charge in [-0.1, -0.05) is 54.1 Å². The monoisotopic (exact) mass is 427 g/mol. The predicted molar refractivity (Wildman–Crippen MR) is 124 cm³/mol. The second kappa shape index (κ2) is 7.29. The van der Waals surface area contributed by atoms with Gasteiger partial charge in [0.2, 0.25) is 5.91 Å². The smallest absolute Gasteiger partial charge is 0.256 e.